The summed E-state index contributed by atoms with van der Waals surface area (Å²) in [5, 5.41) is 1.12. The average Bonchev–Trinajstić information content (AvgIpc) is 3.54. The average molecular weight is 690 g/mol. The quantitative estimate of drug-likeness (QED) is 0.185. The van der Waals surface area contributed by atoms with E-state index in [-0.39, 0.29) is 0 Å². The van der Waals surface area contributed by atoms with Gasteiger partial charge in [0, 0.05) is 39.4 Å². The molecule has 1 aliphatic carbocycles. The third-order valence-corrected chi connectivity index (χ3v) is 11.0. The highest BCUT2D eigenvalue weighted by atomic mass is 16.5. The minimum absolute atomic E-state index is 0.650. The van der Waals surface area contributed by atoms with Crippen molar-refractivity contribution in [2.24, 2.45) is 0 Å². The van der Waals surface area contributed by atoms with E-state index < -0.39 is 5.41 Å². The Balaban J connectivity index is 1.19. The maximum atomic E-state index is 6.90. The van der Waals surface area contributed by atoms with E-state index >= 15 is 0 Å². The van der Waals surface area contributed by atoms with Crippen LogP contribution in [0.25, 0.3) is 67.1 Å². The minimum atomic E-state index is -0.650. The van der Waals surface area contributed by atoms with Crippen LogP contribution >= 0.6 is 0 Å². The number of rotatable bonds is 4. The monoisotopic (exact) mass is 689 g/mol. The molecule has 1 spiro atoms. The van der Waals surface area contributed by atoms with Crippen molar-refractivity contribution in [3.63, 3.8) is 0 Å². The van der Waals surface area contributed by atoms with E-state index in [0.29, 0.717) is 5.82 Å². The van der Waals surface area contributed by atoms with E-state index in [1.807, 2.05) is 36.5 Å². The number of pyridine rings is 1. The lowest BCUT2D eigenvalue weighted by molar-refractivity contribution is 0.436. The standard InChI is InChI=1S/C50H31N3O/c1-3-13-32(14-4-1)45-31-46(53-49(52-45)33-15-5-2-6-16-33)35-25-27-48-43(30-35)50(40-21-9-7-17-37(40)38-18-8-10-22-41(38)50)42-29-34(24-26-47(42)54-48)36-19-11-23-44-39(36)20-12-28-51-44/h1-31H. The van der Waals surface area contributed by atoms with Crippen LogP contribution < -0.4 is 4.74 Å². The van der Waals surface area contributed by atoms with E-state index in [4.69, 9.17) is 14.7 Å². The number of hydrogen-bond donors (Lipinski definition) is 0. The van der Waals surface area contributed by atoms with Crippen molar-refractivity contribution in [1.82, 2.24) is 15.0 Å². The second-order valence-corrected chi connectivity index (χ2v) is 13.9. The molecule has 11 rings (SSSR count). The SMILES string of the molecule is c1ccc(-c2cc(-c3ccc4c(c3)C3(c5cc(-c6cccc7ncccc67)ccc5O4)c4ccccc4-c4ccccc43)nc(-c3ccccc3)n2)cc1. The molecule has 0 atom stereocenters. The third-order valence-electron chi connectivity index (χ3n) is 11.0. The summed E-state index contributed by atoms with van der Waals surface area (Å²) in [4.78, 5) is 15.0. The van der Waals surface area contributed by atoms with Crippen molar-refractivity contribution in [1.29, 1.82) is 0 Å². The van der Waals surface area contributed by atoms with Gasteiger partial charge >= 0.3 is 0 Å². The number of ether oxygens (including phenoxy) is 1. The first-order valence-corrected chi connectivity index (χ1v) is 18.3. The highest BCUT2D eigenvalue weighted by molar-refractivity contribution is 5.96. The Labute approximate surface area is 313 Å². The Morgan fingerprint density at radius 2 is 0.963 bits per heavy atom. The first-order valence-electron chi connectivity index (χ1n) is 18.3. The highest BCUT2D eigenvalue weighted by Crippen LogP contribution is 2.62. The smallest absolute Gasteiger partial charge is 0.160 e. The lowest BCUT2D eigenvalue weighted by atomic mass is 9.65. The van der Waals surface area contributed by atoms with Crippen LogP contribution in [0.2, 0.25) is 0 Å². The van der Waals surface area contributed by atoms with Crippen LogP contribution in [0.3, 0.4) is 0 Å². The summed E-state index contributed by atoms with van der Waals surface area (Å²) < 4.78 is 6.90. The molecule has 9 aromatic rings. The lowest BCUT2D eigenvalue weighted by Crippen LogP contribution is -2.32. The molecular weight excluding hydrogens is 659 g/mol. The van der Waals surface area contributed by atoms with Gasteiger partial charge < -0.3 is 4.74 Å². The number of nitrogens with zero attached hydrogens (tertiary/aromatic N) is 3. The zero-order valence-electron chi connectivity index (χ0n) is 29.1. The molecule has 2 aliphatic rings. The van der Waals surface area contributed by atoms with Crippen LogP contribution in [0.1, 0.15) is 22.3 Å². The molecule has 0 radical (unpaired) electrons. The van der Waals surface area contributed by atoms with Crippen molar-refractivity contribution in [3.8, 4) is 67.7 Å². The van der Waals surface area contributed by atoms with E-state index in [9.17, 15) is 0 Å². The summed E-state index contributed by atoms with van der Waals surface area (Å²) in [5.41, 5.74) is 14.5. The van der Waals surface area contributed by atoms with Crippen LogP contribution in [-0.4, -0.2) is 15.0 Å². The Bertz CT molecular complexity index is 2810. The molecule has 54 heavy (non-hydrogen) atoms. The molecule has 3 heterocycles. The van der Waals surface area contributed by atoms with Gasteiger partial charge in [-0.05, 0) is 81.9 Å². The second kappa shape index (κ2) is 11.9. The van der Waals surface area contributed by atoms with Crippen molar-refractivity contribution >= 4 is 10.9 Å². The van der Waals surface area contributed by atoms with Gasteiger partial charge in [-0.25, -0.2) is 9.97 Å². The number of hydrogen-bond acceptors (Lipinski definition) is 4. The molecule has 0 N–H and O–H groups in total. The van der Waals surface area contributed by atoms with Crippen molar-refractivity contribution in [2.45, 2.75) is 5.41 Å². The van der Waals surface area contributed by atoms with Gasteiger partial charge in [-0.15, -0.1) is 0 Å². The zero-order chi connectivity index (χ0) is 35.6. The van der Waals surface area contributed by atoms with Crippen LogP contribution in [0.5, 0.6) is 11.5 Å². The Kier molecular flexibility index (Phi) is 6.73. The van der Waals surface area contributed by atoms with Crippen molar-refractivity contribution in [2.75, 3.05) is 0 Å². The lowest BCUT2D eigenvalue weighted by Gasteiger charge is -2.40. The van der Waals surface area contributed by atoms with Crippen molar-refractivity contribution in [3.05, 3.63) is 210 Å². The molecular formula is C50H31N3O. The number of aromatic nitrogens is 3. The summed E-state index contributed by atoms with van der Waals surface area (Å²) in [6.45, 7) is 0. The molecule has 0 saturated heterocycles. The molecule has 0 unspecified atom stereocenters. The summed E-state index contributed by atoms with van der Waals surface area (Å²) in [7, 11) is 0. The largest absolute Gasteiger partial charge is 0.457 e. The number of benzene rings is 7. The third kappa shape index (κ3) is 4.53. The van der Waals surface area contributed by atoms with E-state index in [0.717, 1.165) is 72.7 Å². The molecule has 0 fully saturated rings. The van der Waals surface area contributed by atoms with Gasteiger partial charge in [0.25, 0.3) is 0 Å². The first-order chi connectivity index (χ1) is 26.8. The Morgan fingerprint density at radius 3 is 1.67 bits per heavy atom. The highest BCUT2D eigenvalue weighted by Gasteiger charge is 2.51. The maximum Gasteiger partial charge on any atom is 0.160 e. The molecule has 0 saturated carbocycles. The predicted octanol–water partition coefficient (Wildman–Crippen LogP) is 12.2. The van der Waals surface area contributed by atoms with Crippen LogP contribution in [0.15, 0.2) is 188 Å². The maximum absolute atomic E-state index is 6.90. The summed E-state index contributed by atoms with van der Waals surface area (Å²) in [5.74, 6) is 2.37. The van der Waals surface area contributed by atoms with E-state index in [2.05, 4.69) is 157 Å². The molecule has 1 aliphatic heterocycles. The minimum Gasteiger partial charge on any atom is -0.457 e. The van der Waals surface area contributed by atoms with Gasteiger partial charge in [0.2, 0.25) is 0 Å². The second-order valence-electron chi connectivity index (χ2n) is 13.9. The first kappa shape index (κ1) is 30.5. The molecule has 0 bridgehead atoms. The van der Waals surface area contributed by atoms with Crippen LogP contribution in [-0.2, 0) is 5.41 Å². The normalized spacial score (nSPS) is 13.1. The summed E-state index contributed by atoms with van der Waals surface area (Å²) >= 11 is 0. The fourth-order valence-corrected chi connectivity index (χ4v) is 8.65. The Morgan fingerprint density at radius 1 is 0.389 bits per heavy atom. The van der Waals surface area contributed by atoms with Gasteiger partial charge in [-0.1, -0.05) is 133 Å². The van der Waals surface area contributed by atoms with Gasteiger partial charge in [-0.2, -0.15) is 0 Å². The van der Waals surface area contributed by atoms with E-state index in [1.54, 1.807) is 0 Å². The van der Waals surface area contributed by atoms with Crippen molar-refractivity contribution < 1.29 is 4.74 Å². The molecule has 4 nitrogen and oxygen atoms in total. The van der Waals surface area contributed by atoms with Gasteiger partial charge in [0.05, 0.1) is 22.3 Å². The summed E-state index contributed by atoms with van der Waals surface area (Å²) in [6, 6.07) is 64.1. The van der Waals surface area contributed by atoms with Crippen LogP contribution in [0, 0.1) is 0 Å². The van der Waals surface area contributed by atoms with E-state index in [1.165, 1.54) is 22.3 Å². The zero-order valence-corrected chi connectivity index (χ0v) is 29.1. The predicted molar refractivity (Wildman–Crippen MR) is 216 cm³/mol. The van der Waals surface area contributed by atoms with Gasteiger partial charge in [-0.3, -0.25) is 4.98 Å². The van der Waals surface area contributed by atoms with Gasteiger partial charge in [0.15, 0.2) is 5.82 Å². The molecule has 252 valence electrons. The molecule has 2 aromatic heterocycles. The molecule has 7 aromatic carbocycles. The Hall–Kier alpha value is -7.17. The molecule has 0 amide bonds. The number of fused-ring (bicyclic) bond motifs is 10. The fourth-order valence-electron chi connectivity index (χ4n) is 8.65. The van der Waals surface area contributed by atoms with Gasteiger partial charge in [0.1, 0.15) is 11.5 Å². The fraction of sp³-hybridized carbons (Fsp3) is 0.0200. The summed E-state index contributed by atoms with van der Waals surface area (Å²) in [6.07, 6.45) is 1.85. The topological polar surface area (TPSA) is 47.9 Å². The molecule has 4 heteroatoms. The van der Waals surface area contributed by atoms with Crippen LogP contribution in [0.4, 0.5) is 0 Å².